The summed E-state index contributed by atoms with van der Waals surface area (Å²) in [6, 6.07) is 0. The molecular weight excluding hydrogens is 180 g/mol. The SMILES string of the molecule is C=CC(C)(COC(C)(C=C)CO)OC. The maximum Gasteiger partial charge on any atom is 0.106 e. The van der Waals surface area contributed by atoms with Gasteiger partial charge in [-0.15, -0.1) is 13.2 Å². The molecule has 0 aliphatic rings. The van der Waals surface area contributed by atoms with Crippen molar-refractivity contribution in [1.82, 2.24) is 0 Å². The third-order valence-corrected chi connectivity index (χ3v) is 2.33. The van der Waals surface area contributed by atoms with Gasteiger partial charge in [0.1, 0.15) is 11.2 Å². The van der Waals surface area contributed by atoms with Crippen LogP contribution in [0.25, 0.3) is 0 Å². The first-order valence-electron chi connectivity index (χ1n) is 4.52. The molecule has 2 atom stereocenters. The second-order valence-corrected chi connectivity index (χ2v) is 3.68. The molecule has 82 valence electrons. The normalized spacial score (nSPS) is 19.4. The largest absolute Gasteiger partial charge is 0.393 e. The predicted octanol–water partition coefficient (Wildman–Crippen LogP) is 1.53. The minimum atomic E-state index is -0.719. The van der Waals surface area contributed by atoms with E-state index in [-0.39, 0.29) is 6.61 Å². The lowest BCUT2D eigenvalue weighted by Crippen LogP contribution is -2.39. The van der Waals surface area contributed by atoms with Gasteiger partial charge in [0.2, 0.25) is 0 Å². The molecule has 0 aromatic carbocycles. The molecule has 3 nitrogen and oxygen atoms in total. The summed E-state index contributed by atoms with van der Waals surface area (Å²) >= 11 is 0. The molecule has 0 saturated carbocycles. The van der Waals surface area contributed by atoms with Gasteiger partial charge >= 0.3 is 0 Å². The van der Waals surface area contributed by atoms with Crippen LogP contribution in [0.4, 0.5) is 0 Å². The van der Waals surface area contributed by atoms with Crippen LogP contribution in [0, 0.1) is 0 Å². The van der Waals surface area contributed by atoms with Crippen molar-refractivity contribution in [3.63, 3.8) is 0 Å². The Morgan fingerprint density at radius 2 is 1.71 bits per heavy atom. The van der Waals surface area contributed by atoms with E-state index in [4.69, 9.17) is 14.6 Å². The summed E-state index contributed by atoms with van der Waals surface area (Å²) < 4.78 is 10.7. The van der Waals surface area contributed by atoms with E-state index >= 15 is 0 Å². The molecule has 0 aliphatic carbocycles. The van der Waals surface area contributed by atoms with Crippen molar-refractivity contribution >= 4 is 0 Å². The number of ether oxygens (including phenoxy) is 2. The van der Waals surface area contributed by atoms with Crippen LogP contribution in [-0.4, -0.2) is 36.6 Å². The van der Waals surface area contributed by atoms with Gasteiger partial charge in [0.05, 0.1) is 13.2 Å². The Labute approximate surface area is 86.0 Å². The number of aliphatic hydroxyl groups is 1. The standard InChI is InChI=1S/C11H20O3/c1-6-10(3,8-12)14-9-11(4,7-2)13-5/h6-7,12H,1-2,8-9H2,3-5H3. The molecular formula is C11H20O3. The fourth-order valence-corrected chi connectivity index (χ4v) is 0.678. The topological polar surface area (TPSA) is 38.7 Å². The predicted molar refractivity (Wildman–Crippen MR) is 57.3 cm³/mol. The van der Waals surface area contributed by atoms with Gasteiger partial charge in [0.25, 0.3) is 0 Å². The van der Waals surface area contributed by atoms with E-state index in [0.717, 1.165) is 0 Å². The monoisotopic (exact) mass is 200 g/mol. The average Bonchev–Trinajstić information content (AvgIpc) is 2.25. The minimum absolute atomic E-state index is 0.104. The molecule has 0 bridgehead atoms. The molecule has 0 amide bonds. The van der Waals surface area contributed by atoms with Gasteiger partial charge in [-0.25, -0.2) is 0 Å². The molecule has 0 heterocycles. The highest BCUT2D eigenvalue weighted by Crippen LogP contribution is 2.17. The number of aliphatic hydroxyl groups excluding tert-OH is 1. The van der Waals surface area contributed by atoms with Gasteiger partial charge in [-0.2, -0.15) is 0 Å². The van der Waals surface area contributed by atoms with Gasteiger partial charge in [-0.3, -0.25) is 0 Å². The molecule has 0 spiro atoms. The molecule has 0 rings (SSSR count). The zero-order chi connectivity index (χ0) is 11.2. The number of hydrogen-bond donors (Lipinski definition) is 1. The van der Waals surface area contributed by atoms with E-state index in [9.17, 15) is 0 Å². The van der Waals surface area contributed by atoms with E-state index in [2.05, 4.69) is 13.2 Å². The lowest BCUT2D eigenvalue weighted by Gasteiger charge is -2.30. The van der Waals surface area contributed by atoms with Gasteiger partial charge < -0.3 is 14.6 Å². The van der Waals surface area contributed by atoms with Gasteiger partial charge in [0.15, 0.2) is 0 Å². The van der Waals surface area contributed by atoms with Crippen LogP contribution < -0.4 is 0 Å². The Hall–Kier alpha value is -0.640. The van der Waals surface area contributed by atoms with Crippen LogP contribution in [0.1, 0.15) is 13.8 Å². The zero-order valence-corrected chi connectivity index (χ0v) is 9.25. The summed E-state index contributed by atoms with van der Waals surface area (Å²) in [5, 5.41) is 9.06. The van der Waals surface area contributed by atoms with Crippen molar-refractivity contribution in [2.45, 2.75) is 25.0 Å². The molecule has 0 aliphatic heterocycles. The highest BCUT2D eigenvalue weighted by Gasteiger charge is 2.26. The summed E-state index contributed by atoms with van der Waals surface area (Å²) in [5.74, 6) is 0. The van der Waals surface area contributed by atoms with E-state index in [1.54, 1.807) is 26.2 Å². The van der Waals surface area contributed by atoms with E-state index in [1.165, 1.54) is 0 Å². The average molecular weight is 200 g/mol. The van der Waals surface area contributed by atoms with Gasteiger partial charge in [-0.05, 0) is 13.8 Å². The zero-order valence-electron chi connectivity index (χ0n) is 9.25. The molecule has 0 aromatic rings. The third-order valence-electron chi connectivity index (χ3n) is 2.33. The summed E-state index contributed by atoms with van der Waals surface area (Å²) in [6.45, 7) is 11.1. The molecule has 0 radical (unpaired) electrons. The molecule has 2 unspecified atom stereocenters. The Kier molecular flexibility index (Phi) is 5.05. The van der Waals surface area contributed by atoms with Gasteiger partial charge in [0, 0.05) is 7.11 Å². The summed E-state index contributed by atoms with van der Waals surface area (Å²) in [5.41, 5.74) is -1.25. The Morgan fingerprint density at radius 3 is 2.00 bits per heavy atom. The molecule has 3 heteroatoms. The Morgan fingerprint density at radius 1 is 1.21 bits per heavy atom. The summed E-state index contributed by atoms with van der Waals surface area (Å²) in [6.07, 6.45) is 3.25. The summed E-state index contributed by atoms with van der Waals surface area (Å²) in [7, 11) is 1.59. The van der Waals surface area contributed by atoms with Gasteiger partial charge in [-0.1, -0.05) is 12.2 Å². The minimum Gasteiger partial charge on any atom is -0.393 e. The van der Waals surface area contributed by atoms with Crippen LogP contribution in [0.15, 0.2) is 25.3 Å². The van der Waals surface area contributed by atoms with Crippen molar-refractivity contribution in [3.05, 3.63) is 25.3 Å². The fourth-order valence-electron chi connectivity index (χ4n) is 0.678. The van der Waals surface area contributed by atoms with Crippen LogP contribution in [0.3, 0.4) is 0 Å². The van der Waals surface area contributed by atoms with Crippen LogP contribution in [0.2, 0.25) is 0 Å². The van der Waals surface area contributed by atoms with Crippen LogP contribution in [-0.2, 0) is 9.47 Å². The van der Waals surface area contributed by atoms with Crippen molar-refractivity contribution in [3.8, 4) is 0 Å². The highest BCUT2D eigenvalue weighted by atomic mass is 16.6. The Balaban J connectivity index is 4.27. The molecule has 14 heavy (non-hydrogen) atoms. The number of hydrogen-bond acceptors (Lipinski definition) is 3. The molecule has 0 saturated heterocycles. The Bertz CT molecular complexity index is 181. The maximum absolute atomic E-state index is 9.06. The van der Waals surface area contributed by atoms with Crippen LogP contribution in [0.5, 0.6) is 0 Å². The lowest BCUT2D eigenvalue weighted by atomic mass is 10.1. The van der Waals surface area contributed by atoms with Crippen molar-refractivity contribution in [1.29, 1.82) is 0 Å². The summed E-state index contributed by atoms with van der Waals surface area (Å²) in [4.78, 5) is 0. The first kappa shape index (κ1) is 13.4. The lowest BCUT2D eigenvalue weighted by molar-refractivity contribution is -0.0971. The number of rotatable bonds is 7. The van der Waals surface area contributed by atoms with Crippen molar-refractivity contribution in [2.24, 2.45) is 0 Å². The first-order valence-corrected chi connectivity index (χ1v) is 4.52. The molecule has 1 N–H and O–H groups in total. The first-order chi connectivity index (χ1) is 6.45. The van der Waals surface area contributed by atoms with E-state index in [0.29, 0.717) is 6.61 Å². The number of methoxy groups -OCH3 is 1. The second kappa shape index (κ2) is 5.29. The van der Waals surface area contributed by atoms with E-state index < -0.39 is 11.2 Å². The highest BCUT2D eigenvalue weighted by molar-refractivity contribution is 4.98. The van der Waals surface area contributed by atoms with E-state index in [1.807, 2.05) is 6.92 Å². The fraction of sp³-hybridized carbons (Fsp3) is 0.636. The van der Waals surface area contributed by atoms with Crippen LogP contribution >= 0.6 is 0 Å². The van der Waals surface area contributed by atoms with Crippen molar-refractivity contribution in [2.75, 3.05) is 20.3 Å². The third kappa shape index (κ3) is 3.62. The quantitative estimate of drug-likeness (QED) is 0.633. The second-order valence-electron chi connectivity index (χ2n) is 3.68. The molecule has 0 aromatic heterocycles. The molecule has 0 fully saturated rings. The smallest absolute Gasteiger partial charge is 0.106 e. The maximum atomic E-state index is 9.06. The van der Waals surface area contributed by atoms with Crippen molar-refractivity contribution < 1.29 is 14.6 Å².